The molecule has 1 aliphatic heterocycles. The van der Waals surface area contributed by atoms with Crippen molar-refractivity contribution in [3.05, 3.63) is 0 Å². The molecule has 104 valence electrons. The van der Waals surface area contributed by atoms with Gasteiger partial charge in [0.25, 0.3) is 0 Å². The highest BCUT2D eigenvalue weighted by Crippen LogP contribution is 2.21. The van der Waals surface area contributed by atoms with E-state index in [2.05, 4.69) is 0 Å². The van der Waals surface area contributed by atoms with Crippen molar-refractivity contribution in [2.75, 3.05) is 13.2 Å². The SMILES string of the molecule is CCOC(=O)C1CCCCN1C(=O)C(C)C(C)N. The summed E-state index contributed by atoms with van der Waals surface area (Å²) in [5.74, 6) is -0.592. The molecular weight excluding hydrogens is 232 g/mol. The van der Waals surface area contributed by atoms with E-state index in [4.69, 9.17) is 10.5 Å². The quantitative estimate of drug-likeness (QED) is 0.759. The summed E-state index contributed by atoms with van der Waals surface area (Å²) in [6, 6.07) is -0.630. The minimum atomic E-state index is -0.424. The van der Waals surface area contributed by atoms with E-state index in [1.807, 2.05) is 13.8 Å². The van der Waals surface area contributed by atoms with E-state index in [1.54, 1.807) is 11.8 Å². The highest BCUT2D eigenvalue weighted by molar-refractivity contribution is 5.86. The molecule has 5 heteroatoms. The van der Waals surface area contributed by atoms with Gasteiger partial charge >= 0.3 is 5.97 Å². The molecule has 3 unspecified atom stereocenters. The number of ether oxygens (including phenoxy) is 1. The third-order valence-electron chi connectivity index (χ3n) is 3.52. The van der Waals surface area contributed by atoms with Crippen molar-refractivity contribution in [1.82, 2.24) is 4.90 Å². The topological polar surface area (TPSA) is 72.6 Å². The van der Waals surface area contributed by atoms with Crippen LogP contribution in [0.25, 0.3) is 0 Å². The maximum Gasteiger partial charge on any atom is 0.328 e. The molecule has 2 N–H and O–H groups in total. The van der Waals surface area contributed by atoms with Crippen molar-refractivity contribution in [2.24, 2.45) is 11.7 Å². The van der Waals surface area contributed by atoms with Gasteiger partial charge in [0.05, 0.1) is 12.5 Å². The van der Waals surface area contributed by atoms with Crippen LogP contribution < -0.4 is 5.73 Å². The van der Waals surface area contributed by atoms with Crippen LogP contribution in [0, 0.1) is 5.92 Å². The Labute approximate surface area is 109 Å². The zero-order chi connectivity index (χ0) is 13.7. The van der Waals surface area contributed by atoms with Crippen LogP contribution in [0.1, 0.15) is 40.0 Å². The van der Waals surface area contributed by atoms with E-state index in [9.17, 15) is 9.59 Å². The number of esters is 1. The summed E-state index contributed by atoms with van der Waals surface area (Å²) in [4.78, 5) is 25.8. The average Bonchev–Trinajstić information content (AvgIpc) is 2.37. The molecule has 1 aliphatic rings. The first-order valence-corrected chi connectivity index (χ1v) is 6.71. The van der Waals surface area contributed by atoms with Crippen molar-refractivity contribution < 1.29 is 14.3 Å². The highest BCUT2D eigenvalue weighted by atomic mass is 16.5. The first kappa shape index (κ1) is 15.0. The molecule has 0 radical (unpaired) electrons. The fraction of sp³-hybridized carbons (Fsp3) is 0.846. The number of piperidine rings is 1. The van der Waals surface area contributed by atoms with Gasteiger partial charge in [-0.2, -0.15) is 0 Å². The molecule has 3 atom stereocenters. The first-order valence-electron chi connectivity index (χ1n) is 6.71. The maximum atomic E-state index is 12.3. The summed E-state index contributed by atoms with van der Waals surface area (Å²) in [6.07, 6.45) is 2.59. The van der Waals surface area contributed by atoms with Gasteiger partial charge in [-0.3, -0.25) is 4.79 Å². The second-order valence-electron chi connectivity index (χ2n) is 4.94. The summed E-state index contributed by atoms with van der Waals surface area (Å²) in [7, 11) is 0. The fourth-order valence-corrected chi connectivity index (χ4v) is 2.17. The molecule has 0 aromatic carbocycles. The van der Waals surface area contributed by atoms with Crippen molar-refractivity contribution in [1.29, 1.82) is 0 Å². The molecule has 1 heterocycles. The molecule has 18 heavy (non-hydrogen) atoms. The molecule has 5 nitrogen and oxygen atoms in total. The van der Waals surface area contributed by atoms with Crippen LogP contribution in [0.15, 0.2) is 0 Å². The van der Waals surface area contributed by atoms with E-state index in [-0.39, 0.29) is 23.8 Å². The Morgan fingerprint density at radius 3 is 2.61 bits per heavy atom. The van der Waals surface area contributed by atoms with Crippen molar-refractivity contribution in [3.8, 4) is 0 Å². The van der Waals surface area contributed by atoms with Gasteiger partial charge in [-0.1, -0.05) is 6.92 Å². The lowest BCUT2D eigenvalue weighted by molar-refractivity contribution is -0.158. The van der Waals surface area contributed by atoms with Crippen LogP contribution in [0.3, 0.4) is 0 Å². The van der Waals surface area contributed by atoms with Crippen LogP contribution in [-0.2, 0) is 14.3 Å². The molecule has 1 rings (SSSR count). The van der Waals surface area contributed by atoms with Crippen LogP contribution >= 0.6 is 0 Å². The second kappa shape index (κ2) is 6.73. The fourth-order valence-electron chi connectivity index (χ4n) is 2.17. The first-order chi connectivity index (χ1) is 8.49. The molecule has 0 spiro atoms. The zero-order valence-corrected chi connectivity index (χ0v) is 11.5. The van der Waals surface area contributed by atoms with Gasteiger partial charge in [-0.25, -0.2) is 4.79 Å². The smallest absolute Gasteiger partial charge is 0.328 e. The minimum Gasteiger partial charge on any atom is -0.464 e. The zero-order valence-electron chi connectivity index (χ0n) is 11.5. The lowest BCUT2D eigenvalue weighted by Crippen LogP contribution is -2.52. The second-order valence-corrected chi connectivity index (χ2v) is 4.94. The molecule has 0 saturated carbocycles. The van der Waals surface area contributed by atoms with E-state index in [0.717, 1.165) is 12.8 Å². The molecule has 0 aromatic rings. The van der Waals surface area contributed by atoms with Crippen molar-refractivity contribution >= 4 is 11.9 Å². The number of nitrogens with two attached hydrogens (primary N) is 1. The van der Waals surface area contributed by atoms with E-state index in [0.29, 0.717) is 19.6 Å². The summed E-state index contributed by atoms with van der Waals surface area (Å²) in [5, 5.41) is 0. The summed E-state index contributed by atoms with van der Waals surface area (Å²) in [5.41, 5.74) is 5.76. The molecule has 0 aliphatic carbocycles. The predicted octanol–water partition coefficient (Wildman–Crippen LogP) is 0.914. The van der Waals surface area contributed by atoms with Crippen molar-refractivity contribution in [3.63, 3.8) is 0 Å². The van der Waals surface area contributed by atoms with Gasteiger partial charge in [-0.15, -0.1) is 0 Å². The summed E-state index contributed by atoms with van der Waals surface area (Å²) >= 11 is 0. The minimum absolute atomic E-state index is 0.0391. The largest absolute Gasteiger partial charge is 0.464 e. The van der Waals surface area contributed by atoms with Gasteiger partial charge in [0.2, 0.25) is 5.91 Å². The lowest BCUT2D eigenvalue weighted by atomic mass is 9.97. The van der Waals surface area contributed by atoms with Crippen LogP contribution in [0.2, 0.25) is 0 Å². The van der Waals surface area contributed by atoms with E-state index in [1.165, 1.54) is 0 Å². The number of hydrogen-bond donors (Lipinski definition) is 1. The number of nitrogens with zero attached hydrogens (tertiary/aromatic N) is 1. The Kier molecular flexibility index (Phi) is 5.59. The van der Waals surface area contributed by atoms with Crippen LogP contribution in [0.5, 0.6) is 0 Å². The third kappa shape index (κ3) is 3.45. The van der Waals surface area contributed by atoms with Gasteiger partial charge in [0.1, 0.15) is 6.04 Å². The Balaban J connectivity index is 2.76. The number of rotatable bonds is 4. The van der Waals surface area contributed by atoms with Gasteiger partial charge < -0.3 is 15.4 Å². The Hall–Kier alpha value is -1.10. The summed E-state index contributed by atoms with van der Waals surface area (Å²) < 4.78 is 5.04. The molecule has 0 bridgehead atoms. The predicted molar refractivity (Wildman–Crippen MR) is 68.8 cm³/mol. The normalized spacial score (nSPS) is 23.3. The van der Waals surface area contributed by atoms with E-state index >= 15 is 0 Å². The lowest BCUT2D eigenvalue weighted by Gasteiger charge is -2.36. The molecule has 1 saturated heterocycles. The van der Waals surface area contributed by atoms with Crippen LogP contribution in [0.4, 0.5) is 0 Å². The molecule has 1 amide bonds. The number of carbonyl (C=O) groups excluding carboxylic acids is 2. The van der Waals surface area contributed by atoms with Crippen molar-refractivity contribution in [2.45, 2.75) is 52.1 Å². The maximum absolute atomic E-state index is 12.3. The summed E-state index contributed by atoms with van der Waals surface area (Å²) in [6.45, 7) is 6.37. The van der Waals surface area contributed by atoms with Gasteiger partial charge in [0, 0.05) is 12.6 Å². The third-order valence-corrected chi connectivity index (χ3v) is 3.52. The number of amides is 1. The van der Waals surface area contributed by atoms with Gasteiger partial charge in [0.15, 0.2) is 0 Å². The van der Waals surface area contributed by atoms with Crippen LogP contribution in [-0.4, -0.2) is 42.0 Å². The average molecular weight is 256 g/mol. The number of likely N-dealkylation sites (tertiary alicyclic amines) is 1. The Bertz CT molecular complexity index is 305. The molecule has 0 aromatic heterocycles. The highest BCUT2D eigenvalue weighted by Gasteiger charge is 2.35. The van der Waals surface area contributed by atoms with Gasteiger partial charge in [-0.05, 0) is 33.1 Å². The number of carbonyl (C=O) groups is 2. The monoisotopic (exact) mass is 256 g/mol. The standard InChI is InChI=1S/C13H24N2O3/c1-4-18-13(17)11-7-5-6-8-15(11)12(16)9(2)10(3)14/h9-11H,4-8,14H2,1-3H3. The Morgan fingerprint density at radius 2 is 2.06 bits per heavy atom. The number of hydrogen-bond acceptors (Lipinski definition) is 4. The molecular formula is C13H24N2O3. The van der Waals surface area contributed by atoms with E-state index < -0.39 is 6.04 Å². The Morgan fingerprint density at radius 1 is 1.39 bits per heavy atom. The molecule has 1 fully saturated rings.